The molecule has 88 valence electrons. The van der Waals surface area contributed by atoms with Gasteiger partial charge in [0.25, 0.3) is 0 Å². The van der Waals surface area contributed by atoms with Crippen LogP contribution in [0.25, 0.3) is 0 Å². The standard InChI is InChI=1S/C13H20N2S/c1-4-8-14-11-12(2)15(3)9-7-13-6-5-10-16-13/h1,5-6,10,12,14H,7-9,11H2,2-3H3. The van der Waals surface area contributed by atoms with E-state index in [1.165, 1.54) is 4.88 Å². The molecule has 0 amide bonds. The van der Waals surface area contributed by atoms with Crippen LogP contribution in [0.4, 0.5) is 0 Å². The first-order valence-electron chi connectivity index (χ1n) is 5.61. The van der Waals surface area contributed by atoms with Gasteiger partial charge in [-0.2, -0.15) is 0 Å². The minimum absolute atomic E-state index is 0.522. The summed E-state index contributed by atoms with van der Waals surface area (Å²) in [6.45, 7) is 4.92. The van der Waals surface area contributed by atoms with Crippen LogP contribution in [0.15, 0.2) is 17.5 Å². The van der Waals surface area contributed by atoms with Crippen molar-refractivity contribution in [1.29, 1.82) is 0 Å². The third-order valence-corrected chi connectivity index (χ3v) is 3.65. The Morgan fingerprint density at radius 1 is 1.62 bits per heavy atom. The molecule has 1 rings (SSSR count). The average Bonchev–Trinajstić information content (AvgIpc) is 2.79. The number of rotatable bonds is 7. The van der Waals surface area contributed by atoms with E-state index in [0.29, 0.717) is 12.6 Å². The highest BCUT2D eigenvalue weighted by Gasteiger charge is 2.08. The molecule has 1 aromatic heterocycles. The number of likely N-dealkylation sites (N-methyl/N-ethyl adjacent to an activating group) is 1. The van der Waals surface area contributed by atoms with E-state index in [1.807, 2.05) is 11.3 Å². The Hall–Kier alpha value is -0.820. The van der Waals surface area contributed by atoms with Crippen LogP contribution < -0.4 is 5.32 Å². The van der Waals surface area contributed by atoms with Crippen LogP contribution in [0.3, 0.4) is 0 Å². The van der Waals surface area contributed by atoms with Gasteiger partial charge in [-0.05, 0) is 31.8 Å². The lowest BCUT2D eigenvalue weighted by Crippen LogP contribution is -2.39. The zero-order valence-corrected chi connectivity index (χ0v) is 10.9. The van der Waals surface area contributed by atoms with Crippen molar-refractivity contribution in [2.24, 2.45) is 0 Å². The SMILES string of the molecule is C#CCNCC(C)N(C)CCc1cccs1. The highest BCUT2D eigenvalue weighted by atomic mass is 32.1. The van der Waals surface area contributed by atoms with E-state index < -0.39 is 0 Å². The summed E-state index contributed by atoms with van der Waals surface area (Å²) in [4.78, 5) is 3.82. The van der Waals surface area contributed by atoms with Gasteiger partial charge in [-0.3, -0.25) is 0 Å². The maximum absolute atomic E-state index is 5.19. The van der Waals surface area contributed by atoms with E-state index in [9.17, 15) is 0 Å². The maximum atomic E-state index is 5.19. The molecular formula is C13H20N2S. The van der Waals surface area contributed by atoms with Crippen LogP contribution in [-0.2, 0) is 6.42 Å². The summed E-state index contributed by atoms with van der Waals surface area (Å²) in [5, 5.41) is 5.37. The molecular weight excluding hydrogens is 216 g/mol. The Kier molecular flexibility index (Phi) is 6.17. The third kappa shape index (κ3) is 4.80. The summed E-state index contributed by atoms with van der Waals surface area (Å²) >= 11 is 1.83. The Bertz CT molecular complexity index is 313. The molecule has 0 fully saturated rings. The molecule has 1 N–H and O–H groups in total. The predicted molar refractivity (Wildman–Crippen MR) is 71.8 cm³/mol. The van der Waals surface area contributed by atoms with E-state index in [2.05, 4.69) is 47.6 Å². The predicted octanol–water partition coefficient (Wildman–Crippen LogP) is 1.83. The summed E-state index contributed by atoms with van der Waals surface area (Å²) in [7, 11) is 2.16. The van der Waals surface area contributed by atoms with E-state index >= 15 is 0 Å². The van der Waals surface area contributed by atoms with E-state index in [0.717, 1.165) is 19.5 Å². The van der Waals surface area contributed by atoms with Crippen molar-refractivity contribution in [1.82, 2.24) is 10.2 Å². The molecule has 0 spiro atoms. The lowest BCUT2D eigenvalue weighted by Gasteiger charge is -2.24. The summed E-state index contributed by atoms with van der Waals surface area (Å²) in [6.07, 6.45) is 6.32. The Morgan fingerprint density at radius 3 is 3.06 bits per heavy atom. The van der Waals surface area contributed by atoms with Crippen molar-refractivity contribution >= 4 is 11.3 Å². The van der Waals surface area contributed by atoms with Gasteiger partial charge in [0.1, 0.15) is 0 Å². The van der Waals surface area contributed by atoms with Crippen LogP contribution in [0.5, 0.6) is 0 Å². The molecule has 1 atom stereocenters. The molecule has 2 nitrogen and oxygen atoms in total. The molecule has 0 radical (unpaired) electrons. The number of hydrogen-bond donors (Lipinski definition) is 1. The first-order chi connectivity index (χ1) is 7.74. The molecule has 1 unspecified atom stereocenters. The van der Waals surface area contributed by atoms with Gasteiger partial charge in [0, 0.05) is 24.0 Å². The first-order valence-corrected chi connectivity index (χ1v) is 6.48. The fourth-order valence-electron chi connectivity index (χ4n) is 1.47. The number of nitrogens with zero attached hydrogens (tertiary/aromatic N) is 1. The van der Waals surface area contributed by atoms with Gasteiger partial charge in [0.05, 0.1) is 6.54 Å². The van der Waals surface area contributed by atoms with Gasteiger partial charge in [-0.25, -0.2) is 0 Å². The van der Waals surface area contributed by atoms with E-state index in [1.54, 1.807) is 0 Å². The molecule has 1 aromatic rings. The fraction of sp³-hybridized carbons (Fsp3) is 0.538. The van der Waals surface area contributed by atoms with E-state index in [-0.39, 0.29) is 0 Å². The Balaban J connectivity index is 2.18. The van der Waals surface area contributed by atoms with Crippen LogP contribution in [0.1, 0.15) is 11.8 Å². The second-order valence-electron chi connectivity index (χ2n) is 3.99. The van der Waals surface area contributed by atoms with Gasteiger partial charge in [-0.15, -0.1) is 17.8 Å². The molecule has 3 heteroatoms. The van der Waals surface area contributed by atoms with Gasteiger partial charge < -0.3 is 10.2 Å². The molecule has 0 bridgehead atoms. The topological polar surface area (TPSA) is 15.3 Å². The molecule has 1 heterocycles. The van der Waals surface area contributed by atoms with Gasteiger partial charge in [0.2, 0.25) is 0 Å². The maximum Gasteiger partial charge on any atom is 0.0574 e. The number of hydrogen-bond acceptors (Lipinski definition) is 3. The van der Waals surface area contributed by atoms with Crippen molar-refractivity contribution < 1.29 is 0 Å². The molecule has 0 saturated carbocycles. The van der Waals surface area contributed by atoms with Crippen LogP contribution in [-0.4, -0.2) is 37.6 Å². The lowest BCUT2D eigenvalue weighted by atomic mass is 10.2. The number of thiophene rings is 1. The lowest BCUT2D eigenvalue weighted by molar-refractivity contribution is 0.256. The number of nitrogens with one attached hydrogen (secondary N) is 1. The summed E-state index contributed by atoms with van der Waals surface area (Å²) in [5.74, 6) is 2.59. The fourth-order valence-corrected chi connectivity index (χ4v) is 2.17. The Morgan fingerprint density at radius 2 is 2.44 bits per heavy atom. The van der Waals surface area contributed by atoms with Gasteiger partial charge in [0.15, 0.2) is 0 Å². The first kappa shape index (κ1) is 13.2. The molecule has 0 aliphatic carbocycles. The smallest absolute Gasteiger partial charge is 0.0574 e. The van der Waals surface area contributed by atoms with Crippen molar-refractivity contribution in [2.75, 3.05) is 26.7 Å². The van der Waals surface area contributed by atoms with Gasteiger partial charge in [-0.1, -0.05) is 12.0 Å². The van der Waals surface area contributed by atoms with Crippen molar-refractivity contribution in [3.8, 4) is 12.3 Å². The minimum atomic E-state index is 0.522. The highest BCUT2D eigenvalue weighted by Crippen LogP contribution is 2.09. The molecule has 0 aliphatic heterocycles. The van der Waals surface area contributed by atoms with Crippen molar-refractivity contribution in [3.05, 3.63) is 22.4 Å². The molecule has 0 aliphatic rings. The number of terminal acetylenes is 1. The molecule has 0 saturated heterocycles. The summed E-state index contributed by atoms with van der Waals surface area (Å²) in [6, 6.07) is 4.82. The largest absolute Gasteiger partial charge is 0.305 e. The van der Waals surface area contributed by atoms with Crippen LogP contribution in [0, 0.1) is 12.3 Å². The zero-order valence-electron chi connectivity index (χ0n) is 10.1. The zero-order chi connectivity index (χ0) is 11.8. The van der Waals surface area contributed by atoms with Crippen LogP contribution in [0.2, 0.25) is 0 Å². The highest BCUT2D eigenvalue weighted by molar-refractivity contribution is 7.09. The summed E-state index contributed by atoms with van der Waals surface area (Å²) in [5.41, 5.74) is 0. The van der Waals surface area contributed by atoms with Crippen molar-refractivity contribution in [2.45, 2.75) is 19.4 Å². The Labute approximate surface area is 103 Å². The summed E-state index contributed by atoms with van der Waals surface area (Å²) < 4.78 is 0. The monoisotopic (exact) mass is 236 g/mol. The van der Waals surface area contributed by atoms with E-state index in [4.69, 9.17) is 6.42 Å². The third-order valence-electron chi connectivity index (χ3n) is 2.71. The van der Waals surface area contributed by atoms with Gasteiger partial charge >= 0.3 is 0 Å². The normalized spacial score (nSPS) is 12.6. The molecule has 0 aromatic carbocycles. The second-order valence-corrected chi connectivity index (χ2v) is 5.03. The van der Waals surface area contributed by atoms with Crippen LogP contribution >= 0.6 is 11.3 Å². The minimum Gasteiger partial charge on any atom is -0.305 e. The quantitative estimate of drug-likeness (QED) is 0.574. The van der Waals surface area contributed by atoms with Crippen molar-refractivity contribution in [3.63, 3.8) is 0 Å². The second kappa shape index (κ2) is 7.45. The average molecular weight is 236 g/mol. The molecule has 16 heavy (non-hydrogen) atoms.